The zero-order valence-electron chi connectivity index (χ0n) is 12.6. The molecule has 23 heavy (non-hydrogen) atoms. The van der Waals surface area contributed by atoms with Crippen LogP contribution in [-0.2, 0) is 15.9 Å². The molecule has 5 N–H and O–H groups in total. The van der Waals surface area contributed by atoms with Crippen molar-refractivity contribution in [1.82, 2.24) is 16.0 Å². The number of carbonyl (C=O) groups excluding carboxylic acids is 2. The zero-order valence-corrected chi connectivity index (χ0v) is 13.5. The molecule has 0 spiro atoms. The summed E-state index contributed by atoms with van der Waals surface area (Å²) < 4.78 is 15.8. The molecule has 1 rings (SSSR count). The van der Waals surface area contributed by atoms with Gasteiger partial charge < -0.3 is 30.5 Å². The van der Waals surface area contributed by atoms with Crippen molar-refractivity contribution in [3.05, 3.63) is 35.9 Å². The summed E-state index contributed by atoms with van der Waals surface area (Å²) >= 11 is 0. The molecule has 0 aliphatic heterocycles. The molecule has 0 saturated heterocycles. The van der Waals surface area contributed by atoms with Crippen molar-refractivity contribution in [3.8, 4) is 0 Å². The molecule has 0 radical (unpaired) electrons. The molecule has 0 unspecified atom stereocenters. The van der Waals surface area contributed by atoms with E-state index < -0.39 is 25.4 Å². The predicted molar refractivity (Wildman–Crippen MR) is 82.9 cm³/mol. The van der Waals surface area contributed by atoms with Crippen LogP contribution in [0.3, 0.4) is 0 Å². The van der Waals surface area contributed by atoms with Crippen LogP contribution in [0.5, 0.6) is 0 Å². The van der Waals surface area contributed by atoms with Crippen molar-refractivity contribution < 1.29 is 28.7 Å². The first-order valence-electron chi connectivity index (χ1n) is 6.78. The zero-order chi connectivity index (χ0) is 17.3. The molecule has 10 heteroatoms. The van der Waals surface area contributed by atoms with Crippen molar-refractivity contribution in [1.29, 1.82) is 0 Å². The molecule has 0 aromatic heterocycles. The summed E-state index contributed by atoms with van der Waals surface area (Å²) in [5, 5.41) is 7.37. The summed E-state index contributed by atoms with van der Waals surface area (Å²) in [5.74, 6) is 0. The van der Waals surface area contributed by atoms with Crippen LogP contribution >= 0.6 is 7.60 Å². The summed E-state index contributed by atoms with van der Waals surface area (Å²) in [6.45, 7) is 0.223. The lowest BCUT2D eigenvalue weighted by molar-refractivity contribution is 0.135. The SMILES string of the molecule is CNC[C@@H](CNC(=O)P(=O)(O)O)NC(=O)OCc1ccccc1. The first-order chi connectivity index (χ1) is 10.8. The second-order valence-corrected chi connectivity index (χ2v) is 6.18. The molecule has 128 valence electrons. The van der Waals surface area contributed by atoms with Gasteiger partial charge in [0.25, 0.3) is 0 Å². The van der Waals surface area contributed by atoms with Gasteiger partial charge in [0.05, 0.1) is 6.04 Å². The Morgan fingerprint density at radius 2 is 1.87 bits per heavy atom. The maximum atomic E-state index is 11.7. The minimum Gasteiger partial charge on any atom is -0.445 e. The number of hydrogen-bond acceptors (Lipinski definition) is 5. The Hall–Kier alpha value is -1.93. The van der Waals surface area contributed by atoms with Crippen molar-refractivity contribution in [2.75, 3.05) is 20.1 Å². The number of carbonyl (C=O) groups is 2. The van der Waals surface area contributed by atoms with Crippen LogP contribution in [0.15, 0.2) is 30.3 Å². The smallest absolute Gasteiger partial charge is 0.413 e. The first-order valence-corrected chi connectivity index (χ1v) is 8.40. The minimum atomic E-state index is -4.83. The van der Waals surface area contributed by atoms with Gasteiger partial charge in [0, 0.05) is 13.1 Å². The molecule has 9 nitrogen and oxygen atoms in total. The van der Waals surface area contributed by atoms with Crippen LogP contribution in [0.2, 0.25) is 0 Å². The molecule has 0 bridgehead atoms. The average molecular weight is 345 g/mol. The molecular weight excluding hydrogens is 325 g/mol. The summed E-state index contributed by atoms with van der Waals surface area (Å²) in [4.78, 5) is 40.2. The molecule has 2 amide bonds. The van der Waals surface area contributed by atoms with Gasteiger partial charge in [-0.15, -0.1) is 0 Å². The van der Waals surface area contributed by atoms with Gasteiger partial charge >= 0.3 is 19.3 Å². The molecule has 0 aliphatic rings. The second kappa shape index (κ2) is 9.26. The molecule has 0 aliphatic carbocycles. The summed E-state index contributed by atoms with van der Waals surface area (Å²) in [6.07, 6.45) is -0.695. The highest BCUT2D eigenvalue weighted by molar-refractivity contribution is 7.69. The Morgan fingerprint density at radius 1 is 1.22 bits per heavy atom. The van der Waals surface area contributed by atoms with E-state index in [1.807, 2.05) is 18.2 Å². The van der Waals surface area contributed by atoms with Gasteiger partial charge in [-0.25, -0.2) is 9.36 Å². The van der Waals surface area contributed by atoms with Crippen LogP contribution < -0.4 is 16.0 Å². The number of likely N-dealkylation sites (N-methyl/N-ethyl adjacent to an activating group) is 1. The molecule has 0 fully saturated rings. The fourth-order valence-electron chi connectivity index (χ4n) is 1.67. The quantitative estimate of drug-likeness (QED) is 0.430. The highest BCUT2D eigenvalue weighted by atomic mass is 31.2. The maximum Gasteiger partial charge on any atom is 0.413 e. The Labute approximate surface area is 133 Å². The van der Waals surface area contributed by atoms with E-state index in [2.05, 4.69) is 16.0 Å². The van der Waals surface area contributed by atoms with Crippen LogP contribution in [0.1, 0.15) is 5.56 Å². The molecule has 0 saturated carbocycles. The first kappa shape index (κ1) is 19.1. The summed E-state index contributed by atoms with van der Waals surface area (Å²) in [5.41, 5.74) is -0.569. The van der Waals surface area contributed by atoms with Gasteiger partial charge in [-0.05, 0) is 12.6 Å². The normalized spacial score (nSPS) is 12.3. The van der Waals surface area contributed by atoms with E-state index in [4.69, 9.17) is 14.5 Å². The lowest BCUT2D eigenvalue weighted by atomic mass is 10.2. The topological polar surface area (TPSA) is 137 Å². The maximum absolute atomic E-state index is 11.7. The number of alkyl carbamates (subject to hydrolysis) is 1. The van der Waals surface area contributed by atoms with E-state index in [0.29, 0.717) is 0 Å². The number of benzene rings is 1. The minimum absolute atomic E-state index is 0.0911. The standard InChI is InChI=1S/C13H20N3O6P/c1-14-7-11(8-15-13(18)23(19,20)21)16-12(17)22-9-10-5-3-2-4-6-10/h2-6,11,14H,7-9H2,1H3,(H,15,18)(H,16,17)(H2,19,20,21)/t11-/m0/s1. The van der Waals surface area contributed by atoms with Gasteiger partial charge in [-0.3, -0.25) is 4.79 Å². The van der Waals surface area contributed by atoms with E-state index in [0.717, 1.165) is 5.56 Å². The van der Waals surface area contributed by atoms with Crippen LogP contribution in [-0.4, -0.2) is 47.7 Å². The molecule has 0 heterocycles. The lowest BCUT2D eigenvalue weighted by Gasteiger charge is -2.19. The van der Waals surface area contributed by atoms with Gasteiger partial charge in [-0.2, -0.15) is 0 Å². The van der Waals surface area contributed by atoms with Gasteiger partial charge in [-0.1, -0.05) is 30.3 Å². The summed E-state index contributed by atoms with van der Waals surface area (Å²) in [6, 6.07) is 8.50. The molecule has 1 aromatic carbocycles. The van der Waals surface area contributed by atoms with E-state index in [1.54, 1.807) is 19.2 Å². The van der Waals surface area contributed by atoms with E-state index >= 15 is 0 Å². The van der Waals surface area contributed by atoms with Gasteiger partial charge in [0.2, 0.25) is 0 Å². The van der Waals surface area contributed by atoms with Crippen molar-refractivity contribution in [2.45, 2.75) is 12.6 Å². The largest absolute Gasteiger partial charge is 0.445 e. The molecular formula is C13H20N3O6P. The van der Waals surface area contributed by atoms with Crippen molar-refractivity contribution in [3.63, 3.8) is 0 Å². The molecule has 1 atom stereocenters. The van der Waals surface area contributed by atoms with Crippen LogP contribution in [0.25, 0.3) is 0 Å². The molecule has 1 aromatic rings. The fourth-order valence-corrected chi connectivity index (χ4v) is 1.96. The Morgan fingerprint density at radius 3 is 2.43 bits per heavy atom. The van der Waals surface area contributed by atoms with Gasteiger partial charge in [0.15, 0.2) is 0 Å². The van der Waals surface area contributed by atoms with E-state index in [1.165, 1.54) is 0 Å². The Balaban J connectivity index is 2.43. The monoisotopic (exact) mass is 345 g/mol. The highest BCUT2D eigenvalue weighted by Gasteiger charge is 2.26. The average Bonchev–Trinajstić information content (AvgIpc) is 2.50. The fraction of sp³-hybridized carbons (Fsp3) is 0.385. The number of amides is 2. The number of rotatable bonds is 8. The van der Waals surface area contributed by atoms with Crippen LogP contribution in [0, 0.1) is 0 Å². The number of hydrogen-bond donors (Lipinski definition) is 5. The van der Waals surface area contributed by atoms with Crippen molar-refractivity contribution in [2.24, 2.45) is 0 Å². The third-order valence-corrected chi connectivity index (χ3v) is 3.44. The number of ether oxygens (including phenoxy) is 1. The number of nitrogens with one attached hydrogen (secondary N) is 3. The third-order valence-electron chi connectivity index (χ3n) is 2.75. The second-order valence-electron chi connectivity index (χ2n) is 4.69. The Bertz CT molecular complexity index is 562. The highest BCUT2D eigenvalue weighted by Crippen LogP contribution is 2.34. The van der Waals surface area contributed by atoms with Gasteiger partial charge in [0.1, 0.15) is 6.61 Å². The lowest BCUT2D eigenvalue weighted by Crippen LogP contribution is -2.48. The van der Waals surface area contributed by atoms with Crippen molar-refractivity contribution >= 4 is 19.3 Å². The summed E-state index contributed by atoms with van der Waals surface area (Å²) in [7, 11) is -3.20. The predicted octanol–water partition coefficient (Wildman–Crippen LogP) is 0.388. The third kappa shape index (κ3) is 7.75. The van der Waals surface area contributed by atoms with E-state index in [-0.39, 0.29) is 19.7 Å². The Kier molecular flexibility index (Phi) is 7.70. The van der Waals surface area contributed by atoms with E-state index in [9.17, 15) is 14.2 Å². The van der Waals surface area contributed by atoms with Crippen LogP contribution in [0.4, 0.5) is 9.59 Å².